The van der Waals surface area contributed by atoms with Crippen molar-refractivity contribution in [1.82, 2.24) is 10.6 Å². The lowest BCUT2D eigenvalue weighted by Gasteiger charge is -2.22. The molecule has 3 N–H and O–H groups in total. The van der Waals surface area contributed by atoms with Crippen molar-refractivity contribution in [2.24, 2.45) is 5.92 Å². The molecule has 1 aliphatic heterocycles. The van der Waals surface area contributed by atoms with Crippen LogP contribution in [0.3, 0.4) is 0 Å². The summed E-state index contributed by atoms with van der Waals surface area (Å²) in [6, 6.07) is 7.59. The van der Waals surface area contributed by atoms with Crippen LogP contribution in [0.2, 0.25) is 0 Å². The van der Waals surface area contributed by atoms with Gasteiger partial charge in [-0.3, -0.25) is 4.79 Å². The van der Waals surface area contributed by atoms with Gasteiger partial charge in [-0.25, -0.2) is 0 Å². The largest absolute Gasteiger partial charge is 0.495 e. The third kappa shape index (κ3) is 5.27. The van der Waals surface area contributed by atoms with E-state index in [0.717, 1.165) is 37.5 Å². The lowest BCUT2D eigenvalue weighted by atomic mass is 9.96. The van der Waals surface area contributed by atoms with Crippen molar-refractivity contribution in [3.05, 3.63) is 24.3 Å². The second kappa shape index (κ2) is 8.52. The van der Waals surface area contributed by atoms with Crippen LogP contribution in [0, 0.1) is 5.92 Å². The van der Waals surface area contributed by atoms with Crippen LogP contribution in [0.15, 0.2) is 24.3 Å². The van der Waals surface area contributed by atoms with Gasteiger partial charge in [0.05, 0.1) is 19.3 Å². The number of methoxy groups -OCH3 is 1. The van der Waals surface area contributed by atoms with E-state index in [9.17, 15) is 4.79 Å². The summed E-state index contributed by atoms with van der Waals surface area (Å²) in [5, 5.41) is 9.46. The number of rotatable bonds is 7. The Balaban J connectivity index is 1.65. The number of ether oxygens (including phenoxy) is 1. The Kier molecular flexibility index (Phi) is 6.34. The fourth-order valence-electron chi connectivity index (χ4n) is 2.61. The van der Waals surface area contributed by atoms with Crippen LogP contribution < -0.4 is 20.7 Å². The Morgan fingerprint density at radius 1 is 1.43 bits per heavy atom. The molecule has 0 bridgehead atoms. The zero-order valence-electron chi connectivity index (χ0n) is 12.7. The first-order valence-corrected chi connectivity index (χ1v) is 7.64. The monoisotopic (exact) mass is 291 g/mol. The summed E-state index contributed by atoms with van der Waals surface area (Å²) < 4.78 is 5.24. The van der Waals surface area contributed by atoms with Crippen LogP contribution in [0.1, 0.15) is 19.3 Å². The number of benzene rings is 1. The highest BCUT2D eigenvalue weighted by Gasteiger charge is 2.12. The molecule has 0 aliphatic carbocycles. The zero-order chi connectivity index (χ0) is 14.9. The maximum atomic E-state index is 11.8. The summed E-state index contributed by atoms with van der Waals surface area (Å²) in [5.41, 5.74) is 0.839. The van der Waals surface area contributed by atoms with Gasteiger partial charge in [-0.15, -0.1) is 0 Å². The Bertz CT molecular complexity index is 445. The molecule has 21 heavy (non-hydrogen) atoms. The lowest BCUT2D eigenvalue weighted by Crippen LogP contribution is -2.35. The van der Waals surface area contributed by atoms with Crippen LogP contribution in [-0.4, -0.2) is 39.2 Å². The van der Waals surface area contributed by atoms with E-state index in [4.69, 9.17) is 4.74 Å². The predicted octanol–water partition coefficient (Wildman–Crippen LogP) is 1.61. The van der Waals surface area contributed by atoms with E-state index < -0.39 is 0 Å². The summed E-state index contributed by atoms with van der Waals surface area (Å²) in [7, 11) is 1.62. The Hall–Kier alpha value is -1.75. The van der Waals surface area contributed by atoms with E-state index in [2.05, 4.69) is 16.0 Å². The molecular formula is C16H25N3O2. The molecule has 1 unspecified atom stereocenters. The smallest absolute Gasteiger partial charge is 0.239 e. The van der Waals surface area contributed by atoms with Gasteiger partial charge >= 0.3 is 0 Å². The molecule has 1 aliphatic rings. The first-order valence-electron chi connectivity index (χ1n) is 7.64. The van der Waals surface area contributed by atoms with Gasteiger partial charge in [0.1, 0.15) is 5.75 Å². The molecule has 5 heteroatoms. The maximum Gasteiger partial charge on any atom is 0.239 e. The molecule has 1 amide bonds. The van der Waals surface area contributed by atoms with E-state index in [-0.39, 0.29) is 12.5 Å². The molecule has 2 rings (SSSR count). The minimum absolute atomic E-state index is 0.0182. The molecule has 5 nitrogen and oxygen atoms in total. The molecule has 1 atom stereocenters. The maximum absolute atomic E-state index is 11.8. The number of carbonyl (C=O) groups is 1. The van der Waals surface area contributed by atoms with Crippen LogP contribution >= 0.6 is 0 Å². The Morgan fingerprint density at radius 3 is 3.05 bits per heavy atom. The van der Waals surface area contributed by atoms with Crippen molar-refractivity contribution < 1.29 is 9.53 Å². The van der Waals surface area contributed by atoms with E-state index in [1.165, 1.54) is 12.8 Å². The average molecular weight is 291 g/mol. The second-order valence-electron chi connectivity index (χ2n) is 5.40. The summed E-state index contributed by atoms with van der Waals surface area (Å²) >= 11 is 0. The fourth-order valence-corrected chi connectivity index (χ4v) is 2.61. The standard InChI is InChI=1S/C16H25N3O2/c1-21-15-7-3-2-6-14(15)19-12-16(20)18-10-8-13-5-4-9-17-11-13/h2-3,6-7,13,17,19H,4-5,8-12H2,1H3,(H,18,20). The van der Waals surface area contributed by atoms with Gasteiger partial charge < -0.3 is 20.7 Å². The highest BCUT2D eigenvalue weighted by molar-refractivity contribution is 5.81. The topological polar surface area (TPSA) is 62.4 Å². The highest BCUT2D eigenvalue weighted by atomic mass is 16.5. The summed E-state index contributed by atoms with van der Waals surface area (Å²) in [6.45, 7) is 3.23. The van der Waals surface area contributed by atoms with Gasteiger partial charge in [0.15, 0.2) is 0 Å². The molecule has 0 aromatic heterocycles. The molecular weight excluding hydrogens is 266 g/mol. The third-order valence-corrected chi connectivity index (χ3v) is 3.82. The van der Waals surface area contributed by atoms with Crippen molar-refractivity contribution in [3.63, 3.8) is 0 Å². The average Bonchev–Trinajstić information content (AvgIpc) is 2.54. The molecule has 1 saturated heterocycles. The van der Waals surface area contributed by atoms with Crippen LogP contribution in [0.25, 0.3) is 0 Å². The van der Waals surface area contributed by atoms with Gasteiger partial charge in [-0.2, -0.15) is 0 Å². The molecule has 116 valence electrons. The summed E-state index contributed by atoms with van der Waals surface area (Å²) in [6.07, 6.45) is 3.56. The first-order chi connectivity index (χ1) is 10.3. The van der Waals surface area contributed by atoms with Crippen LogP contribution in [-0.2, 0) is 4.79 Å². The van der Waals surface area contributed by atoms with Gasteiger partial charge in [-0.05, 0) is 50.4 Å². The Labute approximate surface area is 126 Å². The van der Waals surface area contributed by atoms with Crippen molar-refractivity contribution in [1.29, 1.82) is 0 Å². The minimum atomic E-state index is 0.0182. The van der Waals surface area contributed by atoms with Crippen molar-refractivity contribution in [2.75, 3.05) is 38.6 Å². The lowest BCUT2D eigenvalue weighted by molar-refractivity contribution is -0.119. The number of para-hydroxylation sites is 2. The molecule has 0 spiro atoms. The number of nitrogens with one attached hydrogen (secondary N) is 3. The van der Waals surface area contributed by atoms with Crippen LogP contribution in [0.5, 0.6) is 5.75 Å². The highest BCUT2D eigenvalue weighted by Crippen LogP contribution is 2.22. The van der Waals surface area contributed by atoms with Crippen molar-refractivity contribution in [3.8, 4) is 5.75 Å². The van der Waals surface area contributed by atoms with Gasteiger partial charge in [0.25, 0.3) is 0 Å². The second-order valence-corrected chi connectivity index (χ2v) is 5.40. The molecule has 0 saturated carbocycles. The van der Waals surface area contributed by atoms with E-state index in [1.54, 1.807) is 7.11 Å². The number of piperidine rings is 1. The number of hydrogen-bond acceptors (Lipinski definition) is 4. The molecule has 1 aromatic carbocycles. The first kappa shape index (κ1) is 15.6. The van der Waals surface area contributed by atoms with E-state index >= 15 is 0 Å². The normalized spacial score (nSPS) is 18.0. The van der Waals surface area contributed by atoms with Gasteiger partial charge in [-0.1, -0.05) is 12.1 Å². The Morgan fingerprint density at radius 2 is 2.29 bits per heavy atom. The summed E-state index contributed by atoms with van der Waals surface area (Å²) in [5.74, 6) is 1.46. The molecule has 0 radical (unpaired) electrons. The van der Waals surface area contributed by atoms with Gasteiger partial charge in [0.2, 0.25) is 5.91 Å². The third-order valence-electron chi connectivity index (χ3n) is 3.82. The number of anilines is 1. The number of amides is 1. The molecule has 1 aromatic rings. The SMILES string of the molecule is COc1ccccc1NCC(=O)NCCC1CCCNC1. The zero-order valence-corrected chi connectivity index (χ0v) is 12.7. The van der Waals surface area contributed by atoms with Crippen LogP contribution in [0.4, 0.5) is 5.69 Å². The van der Waals surface area contributed by atoms with Gasteiger partial charge in [0, 0.05) is 6.54 Å². The number of hydrogen-bond donors (Lipinski definition) is 3. The molecule has 1 heterocycles. The van der Waals surface area contributed by atoms with E-state index in [1.807, 2.05) is 24.3 Å². The van der Waals surface area contributed by atoms with E-state index in [0.29, 0.717) is 5.92 Å². The summed E-state index contributed by atoms with van der Waals surface area (Å²) in [4.78, 5) is 11.8. The van der Waals surface area contributed by atoms with Crippen molar-refractivity contribution in [2.45, 2.75) is 19.3 Å². The fraction of sp³-hybridized carbons (Fsp3) is 0.562. The quantitative estimate of drug-likeness (QED) is 0.714. The minimum Gasteiger partial charge on any atom is -0.495 e. The molecule has 1 fully saturated rings. The predicted molar refractivity (Wildman–Crippen MR) is 84.7 cm³/mol. The number of carbonyl (C=O) groups excluding carboxylic acids is 1. The van der Waals surface area contributed by atoms with Crippen molar-refractivity contribution >= 4 is 11.6 Å².